The van der Waals surface area contributed by atoms with Gasteiger partial charge in [0.05, 0.1) is 29.3 Å². The summed E-state index contributed by atoms with van der Waals surface area (Å²) in [5.74, 6) is -4.08. The number of phenols is 1. The molecule has 3 aromatic carbocycles. The summed E-state index contributed by atoms with van der Waals surface area (Å²) in [7, 11) is 1.34. The molecule has 3 amide bonds. The average molecular weight is 656 g/mol. The second-order valence-electron chi connectivity index (χ2n) is 10.6. The van der Waals surface area contributed by atoms with Crippen LogP contribution in [0, 0.1) is 12.8 Å². The molecule has 14 heteroatoms. The highest BCUT2D eigenvalue weighted by Gasteiger charge is 2.57. The molecule has 1 fully saturated rings. The van der Waals surface area contributed by atoms with E-state index in [1.807, 2.05) is 19.1 Å². The number of aromatic nitrogens is 1. The Hall–Kier alpha value is -4.56. The molecule has 2 aliphatic heterocycles. The predicted molar refractivity (Wildman–Crippen MR) is 162 cm³/mol. The number of methoxy groups -OCH3 is 1. The number of hydrogen-bond acceptors (Lipinski definition) is 8. The normalized spacial score (nSPS) is 19.3. The number of fused-ring (bicyclic) bond motifs is 2. The summed E-state index contributed by atoms with van der Waals surface area (Å²) >= 11 is 1.75. The third-order valence-electron chi connectivity index (χ3n) is 7.68. The van der Waals surface area contributed by atoms with Crippen LogP contribution in [-0.2, 0) is 27.1 Å². The fourth-order valence-corrected chi connectivity index (χ4v) is 8.33. The highest BCUT2D eigenvalue weighted by molar-refractivity contribution is 8.00. The van der Waals surface area contributed by atoms with Crippen LogP contribution in [0.3, 0.4) is 0 Å². The Morgan fingerprint density at radius 1 is 1.02 bits per heavy atom. The van der Waals surface area contributed by atoms with Crippen LogP contribution in [-0.4, -0.2) is 39.8 Å². The van der Waals surface area contributed by atoms with Crippen LogP contribution in [0.4, 0.5) is 24.5 Å². The molecule has 3 heterocycles. The lowest BCUT2D eigenvalue weighted by atomic mass is 9.83. The first kappa shape index (κ1) is 30.5. The molecule has 0 bridgehead atoms. The van der Waals surface area contributed by atoms with Gasteiger partial charge in [0.1, 0.15) is 11.8 Å². The maximum absolute atomic E-state index is 14.0. The van der Waals surface area contributed by atoms with Crippen LogP contribution in [0.1, 0.15) is 27.5 Å². The van der Waals surface area contributed by atoms with Crippen LogP contribution < -0.4 is 19.8 Å². The monoisotopic (exact) mass is 655 g/mol. The molecule has 2 N–H and O–H groups in total. The van der Waals surface area contributed by atoms with Crippen LogP contribution >= 0.6 is 23.1 Å². The third-order valence-corrected chi connectivity index (χ3v) is 10.3. The summed E-state index contributed by atoms with van der Waals surface area (Å²) in [6.07, 6.45) is -4.70. The number of nitrogens with one attached hydrogen (secondary N) is 1. The maximum atomic E-state index is 14.0. The molecule has 0 radical (unpaired) electrons. The standard InChI is InChI=1S/C31H24F3N3O6S2/c1-15-6-9-18(10-7-15)35-22(39)14-36-29-26(45-30(36)42)23(16-8-11-20(38)21(12-16)43-2)24-25(44-29)28(41)37(27(24)40)19-5-3-4-17(13-19)31(32,33)34/h3-13,23-25,38H,14H2,1-2H3,(H,35,39)/t23-,24?,25?/m0/s1. The second-order valence-corrected chi connectivity index (χ2v) is 12.7. The molecule has 6 rings (SSSR count). The van der Waals surface area contributed by atoms with E-state index in [2.05, 4.69) is 5.32 Å². The zero-order chi connectivity index (χ0) is 32.2. The largest absolute Gasteiger partial charge is 0.504 e. The molecule has 0 aliphatic carbocycles. The Morgan fingerprint density at radius 3 is 2.44 bits per heavy atom. The van der Waals surface area contributed by atoms with E-state index in [9.17, 15) is 37.5 Å². The maximum Gasteiger partial charge on any atom is 0.416 e. The Labute approximate surface area is 262 Å². The first-order chi connectivity index (χ1) is 21.4. The molecule has 1 aromatic heterocycles. The van der Waals surface area contributed by atoms with E-state index in [1.165, 1.54) is 35.9 Å². The number of halogens is 3. The Balaban J connectivity index is 1.43. The van der Waals surface area contributed by atoms with Gasteiger partial charge in [-0.1, -0.05) is 52.9 Å². The van der Waals surface area contributed by atoms with E-state index in [4.69, 9.17) is 4.74 Å². The molecule has 1 saturated heterocycles. The summed E-state index contributed by atoms with van der Waals surface area (Å²) in [4.78, 5) is 54.9. The Kier molecular flexibility index (Phi) is 7.73. The van der Waals surface area contributed by atoms with Gasteiger partial charge in [0, 0.05) is 16.5 Å². The van der Waals surface area contributed by atoms with Crippen molar-refractivity contribution in [3.05, 3.63) is 98.0 Å². The molecule has 4 aromatic rings. The predicted octanol–water partition coefficient (Wildman–Crippen LogP) is 5.39. The Bertz CT molecular complexity index is 1900. The van der Waals surface area contributed by atoms with E-state index < -0.39 is 51.4 Å². The number of aromatic hydroxyl groups is 1. The van der Waals surface area contributed by atoms with Crippen molar-refractivity contribution in [2.75, 3.05) is 17.3 Å². The van der Waals surface area contributed by atoms with Crippen molar-refractivity contribution in [2.24, 2.45) is 5.92 Å². The number of ether oxygens (including phenoxy) is 1. The molecule has 0 spiro atoms. The highest BCUT2D eigenvalue weighted by atomic mass is 32.2. The van der Waals surface area contributed by atoms with Crippen molar-refractivity contribution in [1.82, 2.24) is 4.57 Å². The average Bonchev–Trinajstić information content (AvgIpc) is 3.44. The number of thioether (sulfide) groups is 1. The van der Waals surface area contributed by atoms with E-state index in [0.29, 0.717) is 21.2 Å². The molecule has 3 atom stereocenters. The lowest BCUT2D eigenvalue weighted by molar-refractivity contribution is -0.137. The van der Waals surface area contributed by atoms with Crippen LogP contribution in [0.5, 0.6) is 11.5 Å². The molecule has 0 saturated carbocycles. The van der Waals surface area contributed by atoms with Crippen molar-refractivity contribution < 1.29 is 37.4 Å². The number of amides is 3. The summed E-state index contributed by atoms with van der Waals surface area (Å²) in [6, 6.07) is 15.4. The first-order valence-corrected chi connectivity index (χ1v) is 15.3. The number of carbonyl (C=O) groups is 3. The van der Waals surface area contributed by atoms with Crippen LogP contribution in [0.2, 0.25) is 0 Å². The van der Waals surface area contributed by atoms with Crippen molar-refractivity contribution >= 4 is 52.2 Å². The van der Waals surface area contributed by atoms with Gasteiger partial charge >= 0.3 is 11.0 Å². The van der Waals surface area contributed by atoms with Gasteiger partial charge < -0.3 is 15.2 Å². The fourth-order valence-electron chi connectivity index (χ4n) is 5.56. The zero-order valence-corrected chi connectivity index (χ0v) is 25.3. The topological polar surface area (TPSA) is 118 Å². The minimum atomic E-state index is -4.70. The summed E-state index contributed by atoms with van der Waals surface area (Å²) in [5, 5.41) is 12.2. The Morgan fingerprint density at radius 2 is 1.76 bits per heavy atom. The number of hydrogen-bond donors (Lipinski definition) is 2. The molecule has 2 unspecified atom stereocenters. The molecule has 2 aliphatic rings. The number of phenolic OH excluding ortho intramolecular Hbond substituents is 1. The number of rotatable bonds is 6. The third kappa shape index (κ3) is 5.48. The minimum Gasteiger partial charge on any atom is -0.504 e. The van der Waals surface area contributed by atoms with E-state index in [-0.39, 0.29) is 23.7 Å². The number of alkyl halides is 3. The van der Waals surface area contributed by atoms with Crippen molar-refractivity contribution in [3.63, 3.8) is 0 Å². The van der Waals surface area contributed by atoms with Gasteiger partial charge in [0.15, 0.2) is 11.5 Å². The minimum absolute atomic E-state index is 0.0830. The van der Waals surface area contributed by atoms with Gasteiger partial charge in [-0.25, -0.2) is 4.90 Å². The van der Waals surface area contributed by atoms with Gasteiger partial charge in [0.25, 0.3) is 0 Å². The highest BCUT2D eigenvalue weighted by Crippen LogP contribution is 2.54. The second kappa shape index (κ2) is 11.4. The van der Waals surface area contributed by atoms with Crippen LogP contribution in [0.15, 0.2) is 76.6 Å². The molecule has 232 valence electrons. The van der Waals surface area contributed by atoms with E-state index in [0.717, 1.165) is 51.8 Å². The number of benzene rings is 3. The van der Waals surface area contributed by atoms with Crippen molar-refractivity contribution in [3.8, 4) is 11.5 Å². The summed E-state index contributed by atoms with van der Waals surface area (Å²) in [5.41, 5.74) is 0.711. The molecule has 9 nitrogen and oxygen atoms in total. The van der Waals surface area contributed by atoms with Crippen LogP contribution in [0.25, 0.3) is 0 Å². The summed E-state index contributed by atoms with van der Waals surface area (Å²) in [6.45, 7) is 1.52. The lowest BCUT2D eigenvalue weighted by Crippen LogP contribution is -2.33. The smallest absolute Gasteiger partial charge is 0.416 e. The van der Waals surface area contributed by atoms with Crippen molar-refractivity contribution in [2.45, 2.75) is 35.8 Å². The zero-order valence-electron chi connectivity index (χ0n) is 23.6. The quantitative estimate of drug-likeness (QED) is 0.268. The number of imide groups is 1. The van der Waals surface area contributed by atoms with Gasteiger partial charge in [-0.3, -0.25) is 23.7 Å². The number of anilines is 2. The number of aryl methyl sites for hydroxylation is 1. The van der Waals surface area contributed by atoms with E-state index >= 15 is 0 Å². The van der Waals surface area contributed by atoms with Gasteiger partial charge in [-0.15, -0.1) is 0 Å². The van der Waals surface area contributed by atoms with Crippen molar-refractivity contribution in [1.29, 1.82) is 0 Å². The number of thiazole rings is 1. The fraction of sp³-hybridized carbons (Fsp3) is 0.226. The lowest BCUT2D eigenvalue weighted by Gasteiger charge is -2.31. The summed E-state index contributed by atoms with van der Waals surface area (Å²) < 4.78 is 47.1. The SMILES string of the molecule is COc1cc([C@@H]2c3sc(=O)n(CC(=O)Nc4ccc(C)cc4)c3SC3C(=O)N(c4cccc(C(F)(F)F)c4)C(=O)C32)ccc1O. The van der Waals surface area contributed by atoms with E-state index in [1.54, 1.807) is 12.1 Å². The molecular weight excluding hydrogens is 631 g/mol. The van der Waals surface area contributed by atoms with Gasteiger partial charge in [0.2, 0.25) is 17.7 Å². The first-order valence-electron chi connectivity index (χ1n) is 13.6. The number of nitrogens with zero attached hydrogens (tertiary/aromatic N) is 2. The van der Waals surface area contributed by atoms with Gasteiger partial charge in [-0.2, -0.15) is 13.2 Å². The molecular formula is C31H24F3N3O6S2. The van der Waals surface area contributed by atoms with Gasteiger partial charge in [-0.05, 0) is 55.0 Å². The molecule has 45 heavy (non-hydrogen) atoms. The number of carbonyl (C=O) groups excluding carboxylic acids is 3.